The Morgan fingerprint density at radius 2 is 1.00 bits per heavy atom. The first kappa shape index (κ1) is 29.2. The van der Waals surface area contributed by atoms with Gasteiger partial charge in [-0.1, -0.05) is 6.92 Å². The summed E-state index contributed by atoms with van der Waals surface area (Å²) in [5, 5.41) is 0. The minimum absolute atomic E-state index is 0.357. The molecular formula is C13H17F13O3Si. The van der Waals surface area contributed by atoms with Crippen molar-refractivity contribution in [2.45, 2.75) is 61.6 Å². The lowest BCUT2D eigenvalue weighted by molar-refractivity contribution is -0.405. The van der Waals surface area contributed by atoms with Crippen LogP contribution in [0.3, 0.4) is 0 Å². The molecule has 0 heterocycles. The molecule has 0 aliphatic heterocycles. The van der Waals surface area contributed by atoms with E-state index in [1.807, 2.05) is 0 Å². The van der Waals surface area contributed by atoms with Crippen LogP contribution in [0.5, 0.6) is 0 Å². The summed E-state index contributed by atoms with van der Waals surface area (Å²) in [7, 11) is -2.46. The number of rotatable bonds is 12. The van der Waals surface area contributed by atoms with Crippen LogP contribution in [0, 0.1) is 0 Å². The third-order valence-electron chi connectivity index (χ3n) is 3.96. The summed E-state index contributed by atoms with van der Waals surface area (Å²) >= 11 is 0. The Morgan fingerprint density at radius 1 is 0.600 bits per heavy atom. The van der Waals surface area contributed by atoms with Crippen molar-refractivity contribution in [1.82, 2.24) is 0 Å². The number of hydrogen-bond donors (Lipinski definition) is 0. The van der Waals surface area contributed by atoms with E-state index in [9.17, 15) is 57.1 Å². The van der Waals surface area contributed by atoms with E-state index in [1.54, 1.807) is 0 Å². The molecule has 0 atom stereocenters. The van der Waals surface area contributed by atoms with E-state index in [-0.39, 0.29) is 6.04 Å². The van der Waals surface area contributed by atoms with Crippen molar-refractivity contribution in [3.05, 3.63) is 0 Å². The first-order valence-corrected chi connectivity index (χ1v) is 9.73. The van der Waals surface area contributed by atoms with Gasteiger partial charge in [-0.15, -0.1) is 0 Å². The van der Waals surface area contributed by atoms with Gasteiger partial charge < -0.3 is 13.3 Å². The quantitative estimate of drug-likeness (QED) is 0.254. The van der Waals surface area contributed by atoms with Gasteiger partial charge in [0.05, 0.1) is 0 Å². The molecule has 0 aromatic carbocycles. The van der Waals surface area contributed by atoms with Gasteiger partial charge in [0, 0.05) is 33.1 Å². The molecule has 0 amide bonds. The summed E-state index contributed by atoms with van der Waals surface area (Å²) < 4.78 is 185. The Kier molecular flexibility index (Phi) is 8.73. The standard InChI is InChI=1S/C13H17F13O3Si/c1-4-30(27-2,28-3)29-7-9(16,17)12(23,24)13(25,26)11(21,22)8(14,15)5-6-10(18,19)20/h4-7H2,1-3H3. The lowest BCUT2D eigenvalue weighted by Gasteiger charge is -2.40. The molecule has 0 rings (SSSR count). The smallest absolute Gasteiger partial charge is 0.377 e. The van der Waals surface area contributed by atoms with Gasteiger partial charge in [-0.3, -0.25) is 0 Å². The second-order valence-electron chi connectivity index (χ2n) is 5.98. The molecule has 0 saturated heterocycles. The summed E-state index contributed by atoms with van der Waals surface area (Å²) in [6.07, 6.45) is -11.3. The summed E-state index contributed by atoms with van der Waals surface area (Å²) in [4.78, 5) is 0. The van der Waals surface area contributed by atoms with Crippen molar-refractivity contribution in [2.75, 3.05) is 20.8 Å². The number of hydrogen-bond acceptors (Lipinski definition) is 3. The van der Waals surface area contributed by atoms with Gasteiger partial charge in [-0.05, 0) is 0 Å². The molecule has 0 aromatic rings. The van der Waals surface area contributed by atoms with Gasteiger partial charge in [0.1, 0.15) is 6.61 Å². The molecule has 0 aromatic heterocycles. The molecule has 0 unspecified atom stereocenters. The third-order valence-corrected chi connectivity index (χ3v) is 6.65. The second kappa shape index (κ2) is 8.97. The maximum Gasteiger partial charge on any atom is 0.500 e. The molecular weight excluding hydrogens is 479 g/mol. The molecule has 0 spiro atoms. The monoisotopic (exact) mass is 496 g/mol. The molecule has 0 saturated carbocycles. The van der Waals surface area contributed by atoms with E-state index < -0.39 is 64.0 Å². The summed E-state index contributed by atoms with van der Waals surface area (Å²) in [5.41, 5.74) is 0. The zero-order valence-corrected chi connectivity index (χ0v) is 16.5. The average Bonchev–Trinajstić information content (AvgIpc) is 2.60. The van der Waals surface area contributed by atoms with E-state index in [0.29, 0.717) is 0 Å². The highest BCUT2D eigenvalue weighted by Crippen LogP contribution is 2.58. The predicted molar refractivity (Wildman–Crippen MR) is 76.2 cm³/mol. The van der Waals surface area contributed by atoms with Crippen molar-refractivity contribution < 1.29 is 70.4 Å². The first-order chi connectivity index (χ1) is 13.1. The molecule has 0 N–H and O–H groups in total. The lowest BCUT2D eigenvalue weighted by atomic mass is 9.92. The van der Waals surface area contributed by atoms with Crippen LogP contribution >= 0.6 is 0 Å². The molecule has 3 nitrogen and oxygen atoms in total. The molecule has 182 valence electrons. The highest BCUT2D eigenvalue weighted by molar-refractivity contribution is 6.60. The van der Waals surface area contributed by atoms with Crippen molar-refractivity contribution >= 4 is 8.80 Å². The maximum atomic E-state index is 13.7. The van der Waals surface area contributed by atoms with Gasteiger partial charge in [0.15, 0.2) is 0 Å². The van der Waals surface area contributed by atoms with Crippen molar-refractivity contribution in [1.29, 1.82) is 0 Å². The van der Waals surface area contributed by atoms with Gasteiger partial charge in [0.25, 0.3) is 0 Å². The van der Waals surface area contributed by atoms with Gasteiger partial charge in [0.2, 0.25) is 0 Å². The minimum atomic E-state index is -7.47. The van der Waals surface area contributed by atoms with Crippen LogP contribution in [-0.4, -0.2) is 65.4 Å². The van der Waals surface area contributed by atoms with E-state index in [2.05, 4.69) is 13.3 Å². The Hall–Kier alpha value is -0.813. The molecule has 0 radical (unpaired) electrons. The Bertz CT molecular complexity index is 553. The van der Waals surface area contributed by atoms with Crippen LogP contribution in [0.4, 0.5) is 57.1 Å². The van der Waals surface area contributed by atoms with E-state index in [0.717, 1.165) is 14.2 Å². The van der Waals surface area contributed by atoms with Crippen LogP contribution < -0.4 is 0 Å². The lowest BCUT2D eigenvalue weighted by Crippen LogP contribution is -2.68. The van der Waals surface area contributed by atoms with Gasteiger partial charge in [-0.2, -0.15) is 57.1 Å². The molecule has 0 bridgehead atoms. The average molecular weight is 496 g/mol. The van der Waals surface area contributed by atoms with E-state index in [1.165, 1.54) is 6.92 Å². The largest absolute Gasteiger partial charge is 0.500 e. The normalized spacial score (nSPS) is 15.6. The number of alkyl halides is 13. The minimum Gasteiger partial charge on any atom is -0.377 e. The van der Waals surface area contributed by atoms with Crippen LogP contribution in [0.15, 0.2) is 0 Å². The Morgan fingerprint density at radius 3 is 1.33 bits per heavy atom. The first-order valence-electron chi connectivity index (χ1n) is 7.80. The zero-order valence-electron chi connectivity index (χ0n) is 15.5. The maximum absolute atomic E-state index is 13.7. The van der Waals surface area contributed by atoms with Crippen molar-refractivity contribution in [3.63, 3.8) is 0 Å². The predicted octanol–water partition coefficient (Wildman–Crippen LogP) is 5.77. The van der Waals surface area contributed by atoms with Crippen LogP contribution in [-0.2, 0) is 13.3 Å². The fourth-order valence-electron chi connectivity index (χ4n) is 2.00. The Labute approximate surface area is 162 Å². The summed E-state index contributed by atoms with van der Waals surface area (Å²) in [6, 6.07) is -0.357. The van der Waals surface area contributed by atoms with Crippen LogP contribution in [0.2, 0.25) is 6.04 Å². The molecule has 0 aliphatic carbocycles. The van der Waals surface area contributed by atoms with Gasteiger partial charge in [-0.25, -0.2) is 0 Å². The second-order valence-corrected chi connectivity index (χ2v) is 9.16. The SMILES string of the molecule is CC[Si](OC)(OC)OCC(F)(F)C(F)(F)C(F)(F)C(F)(F)C(F)(F)CCC(F)(F)F. The summed E-state index contributed by atoms with van der Waals surface area (Å²) in [6.45, 7) is -1.50. The molecule has 30 heavy (non-hydrogen) atoms. The van der Waals surface area contributed by atoms with E-state index >= 15 is 0 Å². The molecule has 0 fully saturated rings. The summed E-state index contributed by atoms with van der Waals surface area (Å²) in [5.74, 6) is -34.5. The fraction of sp³-hybridized carbons (Fsp3) is 1.00. The van der Waals surface area contributed by atoms with Crippen LogP contribution in [0.1, 0.15) is 19.8 Å². The molecule has 0 aliphatic rings. The third kappa shape index (κ3) is 5.51. The highest BCUT2D eigenvalue weighted by atomic mass is 28.4. The zero-order chi connectivity index (χ0) is 24.4. The van der Waals surface area contributed by atoms with Gasteiger partial charge >= 0.3 is 44.6 Å². The molecule has 17 heteroatoms. The highest BCUT2D eigenvalue weighted by Gasteiger charge is 2.86. The van der Waals surface area contributed by atoms with Crippen molar-refractivity contribution in [2.24, 2.45) is 0 Å². The van der Waals surface area contributed by atoms with E-state index in [4.69, 9.17) is 0 Å². The Balaban J connectivity index is 5.90. The fourth-order valence-corrected chi connectivity index (χ4v) is 3.58. The van der Waals surface area contributed by atoms with Crippen molar-refractivity contribution in [3.8, 4) is 0 Å². The van der Waals surface area contributed by atoms with Crippen LogP contribution in [0.25, 0.3) is 0 Å². The topological polar surface area (TPSA) is 27.7 Å². The number of halogens is 13.